The van der Waals surface area contributed by atoms with E-state index in [1.165, 1.54) is 6.42 Å². The number of hydrogen-bond donors (Lipinski definition) is 1. The molecule has 0 saturated heterocycles. The maximum Gasteiger partial charge on any atom is 0.140 e. The molecule has 0 saturated carbocycles. The van der Waals surface area contributed by atoms with E-state index in [2.05, 4.69) is 19.0 Å². The van der Waals surface area contributed by atoms with Crippen LogP contribution in [0.3, 0.4) is 0 Å². The van der Waals surface area contributed by atoms with E-state index in [1.807, 2.05) is 0 Å². The highest BCUT2D eigenvalue weighted by Gasteiger charge is 2.26. The molecule has 0 fully saturated rings. The maximum absolute atomic E-state index is 9.08. The lowest BCUT2D eigenvalue weighted by Gasteiger charge is -2.24. The number of aliphatic hydroxyl groups is 1. The van der Waals surface area contributed by atoms with Gasteiger partial charge in [-0.15, -0.1) is 0 Å². The van der Waals surface area contributed by atoms with Gasteiger partial charge in [-0.2, -0.15) is 0 Å². The Morgan fingerprint density at radius 2 is 2.36 bits per heavy atom. The van der Waals surface area contributed by atoms with Crippen molar-refractivity contribution in [3.8, 4) is 0 Å². The van der Waals surface area contributed by atoms with Gasteiger partial charge in [0.15, 0.2) is 0 Å². The average molecular weight is 195 g/mol. The fourth-order valence-electron chi connectivity index (χ4n) is 2.18. The number of aryl methyl sites for hydroxylation is 1. The minimum atomic E-state index is 0.00362. The predicted octanol–water partition coefficient (Wildman–Crippen LogP) is 1.93. The molecule has 1 aliphatic carbocycles. The van der Waals surface area contributed by atoms with Crippen LogP contribution in [-0.4, -0.2) is 10.3 Å². The minimum Gasteiger partial charge on any atom is -0.390 e. The number of rotatable bonds is 2. The van der Waals surface area contributed by atoms with Crippen LogP contribution in [0, 0.1) is 11.8 Å². The van der Waals surface area contributed by atoms with Gasteiger partial charge in [-0.25, -0.2) is 0 Å². The largest absolute Gasteiger partial charge is 0.390 e. The van der Waals surface area contributed by atoms with E-state index in [-0.39, 0.29) is 6.61 Å². The van der Waals surface area contributed by atoms with E-state index in [0.717, 1.165) is 29.9 Å². The Labute approximate surface area is 84.1 Å². The second-order valence-corrected chi connectivity index (χ2v) is 4.44. The summed E-state index contributed by atoms with van der Waals surface area (Å²) in [7, 11) is 0. The molecule has 0 radical (unpaired) electrons. The fraction of sp³-hybridized carbons (Fsp3) is 0.727. The van der Waals surface area contributed by atoms with Crippen LogP contribution >= 0.6 is 0 Å². The molecule has 78 valence electrons. The summed E-state index contributed by atoms with van der Waals surface area (Å²) in [5.74, 6) is 2.41. The van der Waals surface area contributed by atoms with Crippen molar-refractivity contribution in [1.29, 1.82) is 0 Å². The zero-order chi connectivity index (χ0) is 10.1. The molecule has 3 nitrogen and oxygen atoms in total. The van der Waals surface area contributed by atoms with Crippen LogP contribution in [0.4, 0.5) is 0 Å². The zero-order valence-electron chi connectivity index (χ0n) is 8.79. The monoisotopic (exact) mass is 195 g/mol. The molecular weight excluding hydrogens is 178 g/mol. The van der Waals surface area contributed by atoms with E-state index in [1.54, 1.807) is 0 Å². The Bertz CT molecular complexity index is 304. The Hall–Kier alpha value is -0.830. The minimum absolute atomic E-state index is 0.00362. The molecule has 1 aliphatic rings. The van der Waals surface area contributed by atoms with E-state index in [4.69, 9.17) is 9.63 Å². The molecule has 0 aromatic carbocycles. The number of nitrogens with zero attached hydrogens (tertiary/aromatic N) is 1. The highest BCUT2D eigenvalue weighted by Crippen LogP contribution is 2.31. The van der Waals surface area contributed by atoms with Crippen molar-refractivity contribution in [2.45, 2.75) is 39.7 Å². The third-order valence-electron chi connectivity index (χ3n) is 3.25. The summed E-state index contributed by atoms with van der Waals surface area (Å²) in [4.78, 5) is 0. The first-order valence-electron chi connectivity index (χ1n) is 5.29. The number of hydrogen-bond acceptors (Lipinski definition) is 3. The molecule has 2 rings (SSSR count). The second kappa shape index (κ2) is 3.73. The van der Waals surface area contributed by atoms with Crippen molar-refractivity contribution >= 4 is 0 Å². The first kappa shape index (κ1) is 9.71. The number of aliphatic hydroxyl groups excluding tert-OH is 1. The second-order valence-electron chi connectivity index (χ2n) is 4.44. The van der Waals surface area contributed by atoms with Crippen LogP contribution in [0.5, 0.6) is 0 Å². The summed E-state index contributed by atoms with van der Waals surface area (Å²) in [6.07, 6.45) is 3.18. The zero-order valence-corrected chi connectivity index (χ0v) is 8.79. The van der Waals surface area contributed by atoms with Gasteiger partial charge in [-0.05, 0) is 24.7 Å². The number of fused-ring (bicyclic) bond motifs is 1. The standard InChI is InChI=1S/C11H17NO2/c1-7(2)8-3-4-11-9(5-8)10(6-13)12-14-11/h7-8,13H,3-6H2,1-2H3. The molecule has 1 heterocycles. The first-order valence-corrected chi connectivity index (χ1v) is 5.29. The maximum atomic E-state index is 9.08. The molecule has 3 heteroatoms. The van der Waals surface area contributed by atoms with Gasteiger partial charge < -0.3 is 9.63 Å². The third-order valence-corrected chi connectivity index (χ3v) is 3.25. The smallest absolute Gasteiger partial charge is 0.140 e. The van der Waals surface area contributed by atoms with Crippen LogP contribution in [0.25, 0.3) is 0 Å². The summed E-state index contributed by atoms with van der Waals surface area (Å²) >= 11 is 0. The van der Waals surface area contributed by atoms with E-state index < -0.39 is 0 Å². The summed E-state index contributed by atoms with van der Waals surface area (Å²) in [5.41, 5.74) is 1.91. The highest BCUT2D eigenvalue weighted by atomic mass is 16.5. The van der Waals surface area contributed by atoms with Gasteiger partial charge in [0.25, 0.3) is 0 Å². The molecule has 0 bridgehead atoms. The van der Waals surface area contributed by atoms with Gasteiger partial charge >= 0.3 is 0 Å². The molecule has 1 aromatic heterocycles. The van der Waals surface area contributed by atoms with Gasteiger partial charge in [0.2, 0.25) is 0 Å². The molecule has 14 heavy (non-hydrogen) atoms. The highest BCUT2D eigenvalue weighted by molar-refractivity contribution is 5.25. The van der Waals surface area contributed by atoms with E-state index in [9.17, 15) is 0 Å². The lowest BCUT2D eigenvalue weighted by molar-refractivity contribution is 0.265. The molecule has 1 aromatic rings. The summed E-state index contributed by atoms with van der Waals surface area (Å²) in [6.45, 7) is 4.51. The Morgan fingerprint density at radius 3 is 3.00 bits per heavy atom. The van der Waals surface area contributed by atoms with Gasteiger partial charge in [-0.3, -0.25) is 0 Å². The van der Waals surface area contributed by atoms with Gasteiger partial charge in [0.1, 0.15) is 11.5 Å². The molecule has 1 N–H and O–H groups in total. The van der Waals surface area contributed by atoms with Gasteiger partial charge in [0, 0.05) is 12.0 Å². The van der Waals surface area contributed by atoms with Crippen molar-refractivity contribution in [2.24, 2.45) is 11.8 Å². The molecule has 1 unspecified atom stereocenters. The van der Waals surface area contributed by atoms with Crippen LogP contribution in [0.1, 0.15) is 37.3 Å². The van der Waals surface area contributed by atoms with Crippen LogP contribution < -0.4 is 0 Å². The van der Waals surface area contributed by atoms with Gasteiger partial charge in [-0.1, -0.05) is 19.0 Å². The molecule has 0 aliphatic heterocycles. The molecule has 1 atom stereocenters. The molecule has 0 spiro atoms. The Kier molecular flexibility index (Phi) is 2.59. The van der Waals surface area contributed by atoms with Crippen LogP contribution in [0.15, 0.2) is 4.52 Å². The van der Waals surface area contributed by atoms with Gasteiger partial charge in [0.05, 0.1) is 6.61 Å². The summed E-state index contributed by atoms with van der Waals surface area (Å²) in [6, 6.07) is 0. The summed E-state index contributed by atoms with van der Waals surface area (Å²) < 4.78 is 5.20. The predicted molar refractivity (Wildman–Crippen MR) is 52.8 cm³/mol. The van der Waals surface area contributed by atoms with Crippen molar-refractivity contribution in [1.82, 2.24) is 5.16 Å². The lowest BCUT2D eigenvalue weighted by Crippen LogP contribution is -2.18. The average Bonchev–Trinajstić information content (AvgIpc) is 2.59. The van der Waals surface area contributed by atoms with Crippen molar-refractivity contribution in [3.05, 3.63) is 17.0 Å². The summed E-state index contributed by atoms with van der Waals surface area (Å²) in [5, 5.41) is 13.0. The quantitative estimate of drug-likeness (QED) is 0.784. The molecule has 0 amide bonds. The SMILES string of the molecule is CC(C)C1CCc2onc(CO)c2C1. The normalized spacial score (nSPS) is 21.3. The molecular formula is C11H17NO2. The van der Waals surface area contributed by atoms with Crippen molar-refractivity contribution in [3.63, 3.8) is 0 Å². The van der Waals surface area contributed by atoms with Crippen LogP contribution in [-0.2, 0) is 19.4 Å². The van der Waals surface area contributed by atoms with Crippen molar-refractivity contribution in [2.75, 3.05) is 0 Å². The first-order chi connectivity index (χ1) is 6.72. The lowest BCUT2D eigenvalue weighted by atomic mass is 9.80. The van der Waals surface area contributed by atoms with Crippen molar-refractivity contribution < 1.29 is 9.63 Å². The number of aromatic nitrogens is 1. The topological polar surface area (TPSA) is 46.3 Å². The Balaban J connectivity index is 2.23. The van der Waals surface area contributed by atoms with Crippen LogP contribution in [0.2, 0.25) is 0 Å². The fourth-order valence-corrected chi connectivity index (χ4v) is 2.18. The third kappa shape index (κ3) is 1.57. The van der Waals surface area contributed by atoms with E-state index >= 15 is 0 Å². The van der Waals surface area contributed by atoms with E-state index in [0.29, 0.717) is 11.8 Å². The Morgan fingerprint density at radius 1 is 1.57 bits per heavy atom.